The Balaban J connectivity index is 1.25. The molecule has 274 valence electrons. The number of nitrogens with zero attached hydrogens (tertiary/aromatic N) is 2. The second-order valence-corrected chi connectivity index (χ2v) is 18.3. The van der Waals surface area contributed by atoms with Crippen molar-refractivity contribution in [3.63, 3.8) is 0 Å². The molecule has 11 heteroatoms. The number of halogens is 1. The van der Waals surface area contributed by atoms with E-state index in [1.165, 1.54) is 11.1 Å². The lowest BCUT2D eigenvalue weighted by Crippen LogP contribution is -2.52. The first kappa shape index (κ1) is 36.0. The van der Waals surface area contributed by atoms with Gasteiger partial charge in [0.05, 0.1) is 36.8 Å². The van der Waals surface area contributed by atoms with E-state index in [9.17, 15) is 13.2 Å². The molecule has 0 unspecified atom stereocenters. The van der Waals surface area contributed by atoms with Crippen LogP contribution < -0.4 is 14.4 Å². The second-order valence-electron chi connectivity index (χ2n) is 15.8. The normalized spacial score (nSPS) is 34.5. The maximum atomic E-state index is 13.6. The average Bonchev–Trinajstić information content (AvgIpc) is 3.25. The fraction of sp³-hybridized carbons (Fsp3) is 0.667. The topological polar surface area (TPSA) is 97.4 Å². The van der Waals surface area contributed by atoms with Gasteiger partial charge in [0.25, 0.3) is 5.91 Å². The van der Waals surface area contributed by atoms with Gasteiger partial charge in [-0.05, 0) is 125 Å². The van der Waals surface area contributed by atoms with E-state index in [2.05, 4.69) is 40.6 Å². The van der Waals surface area contributed by atoms with Crippen molar-refractivity contribution in [1.29, 1.82) is 0 Å². The number of nitrogens with one attached hydrogen (secondary N) is 1. The predicted molar refractivity (Wildman–Crippen MR) is 197 cm³/mol. The van der Waals surface area contributed by atoms with Crippen molar-refractivity contribution in [1.82, 2.24) is 9.62 Å². The molecule has 2 aromatic rings. The number of hydrogen-bond donors (Lipinski definition) is 1. The molecular weight excluding hydrogens is 674 g/mol. The van der Waals surface area contributed by atoms with E-state index in [0.717, 1.165) is 87.5 Å². The highest BCUT2D eigenvalue weighted by molar-refractivity contribution is 7.90. The fourth-order valence-electron chi connectivity index (χ4n) is 9.24. The molecule has 3 heterocycles. The van der Waals surface area contributed by atoms with Gasteiger partial charge in [-0.15, -0.1) is 0 Å². The number of sulfonamides is 1. The lowest BCUT2D eigenvalue weighted by Gasteiger charge is -2.49. The molecule has 1 N–H and O–H groups in total. The van der Waals surface area contributed by atoms with Gasteiger partial charge in [0.15, 0.2) is 6.29 Å². The van der Waals surface area contributed by atoms with Crippen molar-refractivity contribution in [3.05, 3.63) is 58.1 Å². The number of ether oxygens (including phenoxy) is 3. The Kier molecular flexibility index (Phi) is 10.5. The number of carbonyl (C=O) groups excluding carboxylic acids is 1. The molecule has 2 aliphatic carbocycles. The maximum absolute atomic E-state index is 13.6. The minimum Gasteiger partial charge on any atom is -0.490 e. The summed E-state index contributed by atoms with van der Waals surface area (Å²) in [5.74, 6) is 1.05. The van der Waals surface area contributed by atoms with Crippen LogP contribution in [0.2, 0.25) is 5.02 Å². The lowest BCUT2D eigenvalue weighted by atomic mass is 9.64. The van der Waals surface area contributed by atoms with Crippen LogP contribution in [0.25, 0.3) is 0 Å². The van der Waals surface area contributed by atoms with Gasteiger partial charge >= 0.3 is 0 Å². The number of carbonyl (C=O) groups is 1. The number of amides is 1. The van der Waals surface area contributed by atoms with Crippen LogP contribution in [0.1, 0.15) is 87.2 Å². The molecule has 2 aromatic carbocycles. The summed E-state index contributed by atoms with van der Waals surface area (Å²) < 4.78 is 49.2. The first-order valence-corrected chi connectivity index (χ1v) is 20.7. The standard InChI is InChI=1S/C39H54ClN3O6S/c1-5-42(4)31-21-47-38(48-22-31)33-10-6-8-25(2)26(3)50(45,46)41-37(44)28-12-16-36-35(19-28)43(20-29-11-14-32(29)33)23-39(24-49-36)17-7-9-27-18-30(40)13-15-34(27)39/h12-13,15-16,18-19,25-26,29,31-33,38H,5-11,14,17,20-24H2,1-4H3,(H,41,44)/t25-,26+,29-,31?,32+,33-,38?,39-/m0/s1. The Hall–Kier alpha value is -2.37. The first-order valence-electron chi connectivity index (χ1n) is 18.8. The molecule has 2 bridgehead atoms. The zero-order valence-corrected chi connectivity index (χ0v) is 31.6. The molecule has 3 aliphatic heterocycles. The van der Waals surface area contributed by atoms with Crippen LogP contribution in [0.15, 0.2) is 36.4 Å². The van der Waals surface area contributed by atoms with E-state index < -0.39 is 21.2 Å². The third-order valence-electron chi connectivity index (χ3n) is 12.9. The molecule has 6 atom stereocenters. The third-order valence-corrected chi connectivity index (χ3v) is 15.0. The summed E-state index contributed by atoms with van der Waals surface area (Å²) in [5, 5.41) is 0.0308. The van der Waals surface area contributed by atoms with Crippen molar-refractivity contribution in [2.24, 2.45) is 23.7 Å². The summed E-state index contributed by atoms with van der Waals surface area (Å²) in [4.78, 5) is 18.3. The van der Waals surface area contributed by atoms with Crippen LogP contribution in [0.4, 0.5) is 5.69 Å². The van der Waals surface area contributed by atoms with Crippen LogP contribution in [-0.2, 0) is 31.3 Å². The van der Waals surface area contributed by atoms with Gasteiger partial charge in [-0.3, -0.25) is 9.69 Å². The van der Waals surface area contributed by atoms with Crippen molar-refractivity contribution >= 4 is 33.2 Å². The Labute approximate surface area is 303 Å². The minimum absolute atomic E-state index is 0.123. The lowest BCUT2D eigenvalue weighted by molar-refractivity contribution is -0.241. The molecule has 2 fully saturated rings. The number of rotatable bonds is 3. The Bertz CT molecular complexity index is 1660. The van der Waals surface area contributed by atoms with Gasteiger partial charge < -0.3 is 19.1 Å². The number of hydrogen-bond acceptors (Lipinski definition) is 8. The van der Waals surface area contributed by atoms with Crippen molar-refractivity contribution in [2.45, 2.75) is 95.1 Å². The SMILES string of the molecule is CCN(C)C1COC([C@H]2CCC[C@H](C)[C@@H](C)S(=O)(=O)NC(=O)c3ccc4c(c3)N(C[C@@H]3CC[C@H]32)C[C@@]2(CCCc3cc(Cl)ccc32)CO4)OC1. The molecule has 9 nitrogen and oxygen atoms in total. The highest BCUT2D eigenvalue weighted by atomic mass is 35.5. The molecule has 1 amide bonds. The molecule has 0 radical (unpaired) electrons. The summed E-state index contributed by atoms with van der Waals surface area (Å²) in [7, 11) is -1.79. The zero-order chi connectivity index (χ0) is 35.2. The summed E-state index contributed by atoms with van der Waals surface area (Å²) >= 11 is 6.48. The summed E-state index contributed by atoms with van der Waals surface area (Å²) in [5.41, 5.74) is 3.49. The van der Waals surface area contributed by atoms with E-state index in [1.807, 2.05) is 25.1 Å². The average molecular weight is 728 g/mol. The Morgan fingerprint density at radius 2 is 1.82 bits per heavy atom. The summed E-state index contributed by atoms with van der Waals surface area (Å²) in [6, 6.07) is 11.9. The van der Waals surface area contributed by atoms with Crippen molar-refractivity contribution < 1.29 is 27.4 Å². The summed E-state index contributed by atoms with van der Waals surface area (Å²) in [6.45, 7) is 10.2. The quantitative estimate of drug-likeness (QED) is 0.387. The molecule has 1 spiro atoms. The van der Waals surface area contributed by atoms with Gasteiger partial charge in [0.2, 0.25) is 10.0 Å². The van der Waals surface area contributed by atoms with Crippen LogP contribution in [-0.4, -0.2) is 83.3 Å². The number of aryl methyl sites for hydroxylation is 1. The van der Waals surface area contributed by atoms with E-state index in [-0.39, 0.29) is 29.6 Å². The van der Waals surface area contributed by atoms with Gasteiger partial charge in [-0.25, -0.2) is 13.1 Å². The third kappa shape index (κ3) is 7.04. The Morgan fingerprint density at radius 1 is 1.02 bits per heavy atom. The number of benzene rings is 2. The molecule has 50 heavy (non-hydrogen) atoms. The van der Waals surface area contributed by atoms with Gasteiger partial charge in [0, 0.05) is 35.0 Å². The van der Waals surface area contributed by atoms with E-state index in [4.69, 9.17) is 25.8 Å². The van der Waals surface area contributed by atoms with E-state index in [1.54, 1.807) is 13.0 Å². The van der Waals surface area contributed by atoms with Crippen molar-refractivity contribution in [2.75, 3.05) is 51.4 Å². The van der Waals surface area contributed by atoms with E-state index >= 15 is 0 Å². The first-order chi connectivity index (χ1) is 24.0. The molecule has 1 saturated heterocycles. The fourth-order valence-corrected chi connectivity index (χ4v) is 10.7. The molecular formula is C39H54ClN3O6S. The van der Waals surface area contributed by atoms with Crippen molar-refractivity contribution in [3.8, 4) is 5.75 Å². The zero-order valence-electron chi connectivity index (χ0n) is 30.0. The largest absolute Gasteiger partial charge is 0.490 e. The summed E-state index contributed by atoms with van der Waals surface area (Å²) in [6.07, 6.45) is 7.50. The Morgan fingerprint density at radius 3 is 2.56 bits per heavy atom. The molecule has 5 aliphatic rings. The highest BCUT2D eigenvalue weighted by Crippen LogP contribution is 2.49. The number of anilines is 1. The van der Waals surface area contributed by atoms with Crippen LogP contribution in [0.3, 0.4) is 0 Å². The van der Waals surface area contributed by atoms with Gasteiger partial charge in [-0.1, -0.05) is 37.9 Å². The minimum atomic E-state index is -3.91. The maximum Gasteiger partial charge on any atom is 0.264 e. The predicted octanol–water partition coefficient (Wildman–Crippen LogP) is 6.42. The van der Waals surface area contributed by atoms with E-state index in [0.29, 0.717) is 37.2 Å². The highest BCUT2D eigenvalue weighted by Gasteiger charge is 2.47. The van der Waals surface area contributed by atoms with Crippen LogP contribution in [0, 0.1) is 23.7 Å². The number of likely N-dealkylation sites (N-methyl/N-ethyl adjacent to an activating group) is 1. The smallest absolute Gasteiger partial charge is 0.264 e. The second kappa shape index (κ2) is 14.6. The van der Waals surface area contributed by atoms with Gasteiger partial charge in [0.1, 0.15) is 5.75 Å². The number of fused-ring (bicyclic) bond motifs is 4. The monoisotopic (exact) mass is 727 g/mol. The van der Waals surface area contributed by atoms with Crippen LogP contribution >= 0.6 is 11.6 Å². The molecule has 0 aromatic heterocycles. The van der Waals surface area contributed by atoms with Gasteiger partial charge in [-0.2, -0.15) is 0 Å². The van der Waals surface area contributed by atoms with Crippen LogP contribution in [0.5, 0.6) is 5.75 Å². The molecule has 7 rings (SSSR count). The molecule has 1 saturated carbocycles.